The molecule has 1 heterocycles. The molecule has 0 saturated heterocycles. The normalized spacial score (nSPS) is 13.3. The number of benzene rings is 2. The van der Waals surface area contributed by atoms with Crippen molar-refractivity contribution in [1.29, 1.82) is 0 Å². The van der Waals surface area contributed by atoms with Crippen LogP contribution in [0.4, 0.5) is 5.69 Å². The highest BCUT2D eigenvalue weighted by molar-refractivity contribution is 5.79. The van der Waals surface area contributed by atoms with Crippen LogP contribution in [0, 0.1) is 0 Å². The maximum Gasteiger partial charge on any atom is 0.130 e. The van der Waals surface area contributed by atoms with Crippen LogP contribution in [0.2, 0.25) is 0 Å². The van der Waals surface area contributed by atoms with Gasteiger partial charge in [0.05, 0.1) is 13.2 Å². The van der Waals surface area contributed by atoms with Crippen molar-refractivity contribution < 1.29 is 9.84 Å². The number of ether oxygens (including phenoxy) is 1. The molecule has 0 fully saturated rings. The lowest BCUT2D eigenvalue weighted by Crippen LogP contribution is -2.00. The molecule has 1 aliphatic heterocycles. The highest BCUT2D eigenvalue weighted by Crippen LogP contribution is 2.41. The van der Waals surface area contributed by atoms with E-state index in [1.54, 1.807) is 0 Å². The van der Waals surface area contributed by atoms with Gasteiger partial charge in [-0.15, -0.1) is 0 Å². The fraction of sp³-hybridized carbons (Fsp3) is 0.333. The Kier molecular flexibility index (Phi) is 3.60. The van der Waals surface area contributed by atoms with Gasteiger partial charge in [-0.2, -0.15) is 0 Å². The topological polar surface area (TPSA) is 55.5 Å². The first-order chi connectivity index (χ1) is 10.1. The van der Waals surface area contributed by atoms with E-state index in [-0.39, 0.29) is 6.61 Å². The summed E-state index contributed by atoms with van der Waals surface area (Å²) in [5.74, 6) is 1.40. The molecule has 2 aromatic carbocycles. The zero-order valence-electron chi connectivity index (χ0n) is 12.5. The van der Waals surface area contributed by atoms with Gasteiger partial charge in [0, 0.05) is 28.8 Å². The molecule has 2 aromatic rings. The minimum absolute atomic E-state index is 0.0376. The van der Waals surface area contributed by atoms with E-state index in [1.807, 2.05) is 6.07 Å². The molecule has 0 saturated carbocycles. The molecule has 110 valence electrons. The summed E-state index contributed by atoms with van der Waals surface area (Å²) in [6.45, 7) is 4.99. The lowest BCUT2D eigenvalue weighted by Gasteiger charge is -2.14. The van der Waals surface area contributed by atoms with E-state index in [4.69, 9.17) is 10.5 Å². The van der Waals surface area contributed by atoms with Crippen LogP contribution in [-0.4, -0.2) is 11.7 Å². The zero-order chi connectivity index (χ0) is 15.0. The summed E-state index contributed by atoms with van der Waals surface area (Å²) in [5, 5.41) is 9.51. The summed E-state index contributed by atoms with van der Waals surface area (Å²) in [5.41, 5.74) is 12.1. The molecule has 0 unspecified atom stereocenters. The largest absolute Gasteiger partial charge is 0.492 e. The molecule has 3 heteroatoms. The number of fused-ring (bicyclic) bond motifs is 1. The van der Waals surface area contributed by atoms with Crippen LogP contribution in [-0.2, 0) is 13.0 Å². The number of rotatable bonds is 3. The van der Waals surface area contributed by atoms with Crippen molar-refractivity contribution in [1.82, 2.24) is 0 Å². The van der Waals surface area contributed by atoms with Crippen LogP contribution in [0.15, 0.2) is 30.3 Å². The van der Waals surface area contributed by atoms with Gasteiger partial charge in [-0.1, -0.05) is 38.1 Å². The van der Waals surface area contributed by atoms with E-state index in [0.29, 0.717) is 18.2 Å². The first-order valence-corrected chi connectivity index (χ1v) is 7.40. The maximum absolute atomic E-state index is 9.51. The highest BCUT2D eigenvalue weighted by Gasteiger charge is 2.23. The molecule has 1 aliphatic rings. The second-order valence-electron chi connectivity index (χ2n) is 5.83. The lowest BCUT2D eigenvalue weighted by atomic mass is 9.94. The molecule has 3 N–H and O–H groups in total. The number of nitrogens with two attached hydrogens (primary N) is 1. The summed E-state index contributed by atoms with van der Waals surface area (Å²) < 4.78 is 5.79. The third-order valence-corrected chi connectivity index (χ3v) is 4.18. The second-order valence-corrected chi connectivity index (χ2v) is 5.83. The SMILES string of the molecule is CC(C)c1ccc(-c2cc(N)c(CO)c3c2OCC3)cc1. The number of nitrogen functional groups attached to an aromatic ring is 1. The zero-order valence-corrected chi connectivity index (χ0v) is 12.5. The van der Waals surface area contributed by atoms with Gasteiger partial charge in [0.1, 0.15) is 5.75 Å². The van der Waals surface area contributed by atoms with Crippen LogP contribution in [0.1, 0.15) is 36.5 Å². The molecular formula is C18H21NO2. The summed E-state index contributed by atoms with van der Waals surface area (Å²) >= 11 is 0. The van der Waals surface area contributed by atoms with Crippen molar-refractivity contribution in [2.75, 3.05) is 12.3 Å². The van der Waals surface area contributed by atoms with Crippen LogP contribution >= 0.6 is 0 Å². The van der Waals surface area contributed by atoms with Crippen molar-refractivity contribution in [3.05, 3.63) is 47.0 Å². The van der Waals surface area contributed by atoms with E-state index < -0.39 is 0 Å². The molecular weight excluding hydrogens is 262 g/mol. The van der Waals surface area contributed by atoms with Gasteiger partial charge in [-0.05, 0) is 23.1 Å². The van der Waals surface area contributed by atoms with Gasteiger partial charge in [0.2, 0.25) is 0 Å². The van der Waals surface area contributed by atoms with E-state index in [9.17, 15) is 5.11 Å². The van der Waals surface area contributed by atoms with Crippen molar-refractivity contribution in [2.24, 2.45) is 0 Å². The lowest BCUT2D eigenvalue weighted by molar-refractivity contribution is 0.281. The average molecular weight is 283 g/mol. The number of aliphatic hydroxyl groups is 1. The molecule has 21 heavy (non-hydrogen) atoms. The smallest absolute Gasteiger partial charge is 0.130 e. The Bertz CT molecular complexity index is 660. The summed E-state index contributed by atoms with van der Waals surface area (Å²) in [4.78, 5) is 0. The second kappa shape index (κ2) is 5.41. The number of aliphatic hydroxyl groups excluding tert-OH is 1. The highest BCUT2D eigenvalue weighted by atomic mass is 16.5. The Morgan fingerprint density at radius 3 is 2.57 bits per heavy atom. The van der Waals surface area contributed by atoms with Crippen molar-refractivity contribution in [3.8, 4) is 16.9 Å². The third-order valence-electron chi connectivity index (χ3n) is 4.18. The van der Waals surface area contributed by atoms with E-state index >= 15 is 0 Å². The van der Waals surface area contributed by atoms with Crippen molar-refractivity contribution >= 4 is 5.69 Å². The maximum atomic E-state index is 9.51. The summed E-state index contributed by atoms with van der Waals surface area (Å²) in [6.07, 6.45) is 0.813. The van der Waals surface area contributed by atoms with E-state index in [2.05, 4.69) is 38.1 Å². The predicted molar refractivity (Wildman–Crippen MR) is 85.5 cm³/mol. The van der Waals surface area contributed by atoms with Crippen LogP contribution in [0.5, 0.6) is 5.75 Å². The molecule has 0 atom stereocenters. The van der Waals surface area contributed by atoms with Gasteiger partial charge < -0.3 is 15.6 Å². The van der Waals surface area contributed by atoms with E-state index in [0.717, 1.165) is 34.4 Å². The van der Waals surface area contributed by atoms with Gasteiger partial charge in [-0.3, -0.25) is 0 Å². The monoisotopic (exact) mass is 283 g/mol. The van der Waals surface area contributed by atoms with Gasteiger partial charge >= 0.3 is 0 Å². The summed E-state index contributed by atoms with van der Waals surface area (Å²) in [7, 11) is 0. The molecule has 0 radical (unpaired) electrons. The molecule has 3 rings (SSSR count). The number of hydrogen-bond donors (Lipinski definition) is 2. The minimum atomic E-state index is -0.0376. The van der Waals surface area contributed by atoms with Gasteiger partial charge in [0.15, 0.2) is 0 Å². The van der Waals surface area contributed by atoms with E-state index in [1.165, 1.54) is 5.56 Å². The minimum Gasteiger partial charge on any atom is -0.492 e. The average Bonchev–Trinajstić information content (AvgIpc) is 2.96. The fourth-order valence-corrected chi connectivity index (χ4v) is 2.92. The Morgan fingerprint density at radius 2 is 1.95 bits per heavy atom. The van der Waals surface area contributed by atoms with Crippen LogP contribution in [0.25, 0.3) is 11.1 Å². The predicted octanol–water partition coefficient (Wildman–Crippen LogP) is 3.49. The van der Waals surface area contributed by atoms with Gasteiger partial charge in [-0.25, -0.2) is 0 Å². The Labute approximate surface area is 125 Å². The third kappa shape index (κ3) is 2.38. The van der Waals surface area contributed by atoms with Crippen LogP contribution in [0.3, 0.4) is 0 Å². The Morgan fingerprint density at radius 1 is 1.24 bits per heavy atom. The number of anilines is 1. The quantitative estimate of drug-likeness (QED) is 0.848. The molecule has 0 spiro atoms. The van der Waals surface area contributed by atoms with Crippen molar-refractivity contribution in [2.45, 2.75) is 32.8 Å². The number of hydrogen-bond acceptors (Lipinski definition) is 3. The standard InChI is InChI=1S/C18H21NO2/c1-11(2)12-3-5-13(6-4-12)15-9-17(19)16(10-20)14-7-8-21-18(14)15/h3-6,9,11,20H,7-8,10,19H2,1-2H3. The first kappa shape index (κ1) is 14.0. The summed E-state index contributed by atoms with van der Waals surface area (Å²) in [6, 6.07) is 10.4. The molecule has 0 amide bonds. The molecule has 0 bridgehead atoms. The first-order valence-electron chi connectivity index (χ1n) is 7.40. The Hall–Kier alpha value is -2.00. The van der Waals surface area contributed by atoms with Crippen molar-refractivity contribution in [3.63, 3.8) is 0 Å². The molecule has 3 nitrogen and oxygen atoms in total. The fourth-order valence-electron chi connectivity index (χ4n) is 2.92. The van der Waals surface area contributed by atoms with Gasteiger partial charge in [0.25, 0.3) is 0 Å². The molecule has 0 aromatic heterocycles. The molecule has 0 aliphatic carbocycles. The van der Waals surface area contributed by atoms with Crippen LogP contribution < -0.4 is 10.5 Å². The Balaban J connectivity index is 2.11.